The first kappa shape index (κ1) is 13.8. The van der Waals surface area contributed by atoms with Crippen LogP contribution in [0.15, 0.2) is 24.3 Å². The van der Waals surface area contributed by atoms with Crippen molar-refractivity contribution in [3.8, 4) is 5.75 Å². The largest absolute Gasteiger partial charge is 0.496 e. The van der Waals surface area contributed by atoms with E-state index in [0.29, 0.717) is 13.2 Å². The first-order valence-corrected chi connectivity index (χ1v) is 6.40. The summed E-state index contributed by atoms with van der Waals surface area (Å²) in [4.78, 5) is 12.1. The monoisotopic (exact) mass is 264 g/mol. The highest BCUT2D eigenvalue weighted by molar-refractivity contribution is 5.80. The summed E-state index contributed by atoms with van der Waals surface area (Å²) in [5, 5.41) is 2.96. The molecule has 2 rings (SSSR count). The molecule has 1 saturated heterocycles. The fourth-order valence-corrected chi connectivity index (χ4v) is 2.26. The van der Waals surface area contributed by atoms with Gasteiger partial charge < -0.3 is 20.5 Å². The van der Waals surface area contributed by atoms with Crippen LogP contribution in [0, 0.1) is 5.92 Å². The van der Waals surface area contributed by atoms with Gasteiger partial charge in [-0.15, -0.1) is 0 Å². The summed E-state index contributed by atoms with van der Waals surface area (Å²) in [5.41, 5.74) is 6.79. The fraction of sp³-hybridized carbons (Fsp3) is 0.500. The molecule has 0 spiro atoms. The first-order valence-electron chi connectivity index (χ1n) is 6.40. The minimum Gasteiger partial charge on any atom is -0.496 e. The zero-order valence-corrected chi connectivity index (χ0v) is 11.3. The third-order valence-corrected chi connectivity index (χ3v) is 3.43. The summed E-state index contributed by atoms with van der Waals surface area (Å²) in [6.07, 6.45) is 0. The Balaban J connectivity index is 2.04. The number of hydrogen-bond donors (Lipinski definition) is 2. The number of carbonyl (C=O) groups excluding carboxylic acids is 1. The number of nitrogens with two attached hydrogens (primary N) is 1. The molecule has 1 aromatic rings. The van der Waals surface area contributed by atoms with Crippen LogP contribution in [-0.2, 0) is 9.53 Å². The van der Waals surface area contributed by atoms with Gasteiger partial charge in [-0.25, -0.2) is 0 Å². The normalized spacial score (nSPS) is 23.9. The van der Waals surface area contributed by atoms with Gasteiger partial charge in [0.05, 0.1) is 32.3 Å². The highest BCUT2D eigenvalue weighted by Gasteiger charge is 2.32. The van der Waals surface area contributed by atoms with Crippen molar-refractivity contribution >= 4 is 5.91 Å². The third kappa shape index (κ3) is 3.05. The molecule has 0 radical (unpaired) electrons. The molecule has 0 aromatic heterocycles. The van der Waals surface area contributed by atoms with Gasteiger partial charge in [-0.2, -0.15) is 0 Å². The molecule has 1 fully saturated rings. The van der Waals surface area contributed by atoms with Crippen molar-refractivity contribution in [2.24, 2.45) is 11.7 Å². The van der Waals surface area contributed by atoms with Crippen LogP contribution < -0.4 is 15.8 Å². The van der Waals surface area contributed by atoms with E-state index in [-0.39, 0.29) is 23.9 Å². The number of para-hydroxylation sites is 1. The summed E-state index contributed by atoms with van der Waals surface area (Å²) in [6, 6.07) is 7.29. The van der Waals surface area contributed by atoms with Gasteiger partial charge in [0.15, 0.2) is 0 Å². The summed E-state index contributed by atoms with van der Waals surface area (Å²) in [7, 11) is 1.62. The van der Waals surface area contributed by atoms with Gasteiger partial charge in [-0.1, -0.05) is 18.2 Å². The molecule has 3 unspecified atom stereocenters. The minimum absolute atomic E-state index is 0.0663. The second-order valence-electron chi connectivity index (χ2n) is 4.78. The van der Waals surface area contributed by atoms with E-state index < -0.39 is 0 Å². The van der Waals surface area contributed by atoms with Crippen molar-refractivity contribution in [1.82, 2.24) is 5.32 Å². The number of hydrogen-bond acceptors (Lipinski definition) is 4. The average molecular weight is 264 g/mol. The van der Waals surface area contributed by atoms with E-state index in [2.05, 4.69) is 5.32 Å². The lowest BCUT2D eigenvalue weighted by molar-refractivity contribution is -0.125. The Bertz CT molecular complexity index is 450. The number of nitrogens with one attached hydrogen (secondary N) is 1. The zero-order valence-electron chi connectivity index (χ0n) is 11.3. The molecule has 19 heavy (non-hydrogen) atoms. The second-order valence-corrected chi connectivity index (χ2v) is 4.78. The van der Waals surface area contributed by atoms with Crippen LogP contribution in [0.4, 0.5) is 0 Å². The van der Waals surface area contributed by atoms with Crippen molar-refractivity contribution in [3.63, 3.8) is 0 Å². The van der Waals surface area contributed by atoms with E-state index in [0.717, 1.165) is 11.3 Å². The molecule has 3 N–H and O–H groups in total. The van der Waals surface area contributed by atoms with Crippen LogP contribution in [0.3, 0.4) is 0 Å². The summed E-state index contributed by atoms with van der Waals surface area (Å²) in [6.45, 7) is 2.77. The van der Waals surface area contributed by atoms with Gasteiger partial charge in [0.25, 0.3) is 0 Å². The zero-order chi connectivity index (χ0) is 13.8. The molecule has 1 amide bonds. The maximum absolute atomic E-state index is 12.1. The van der Waals surface area contributed by atoms with E-state index in [4.69, 9.17) is 15.2 Å². The summed E-state index contributed by atoms with van der Waals surface area (Å²) in [5.74, 6) is 0.433. The van der Waals surface area contributed by atoms with Crippen LogP contribution in [0.1, 0.15) is 18.5 Å². The molecule has 0 bridgehead atoms. The quantitative estimate of drug-likeness (QED) is 0.845. The Morgan fingerprint density at radius 3 is 2.84 bits per heavy atom. The van der Waals surface area contributed by atoms with E-state index in [1.54, 1.807) is 7.11 Å². The Kier molecular flexibility index (Phi) is 4.39. The summed E-state index contributed by atoms with van der Waals surface area (Å²) >= 11 is 0. The van der Waals surface area contributed by atoms with Gasteiger partial charge in [-0.05, 0) is 13.0 Å². The molecule has 1 aliphatic rings. The molecule has 1 heterocycles. The Labute approximate surface area is 113 Å². The number of carbonyl (C=O) groups is 1. The Morgan fingerprint density at radius 1 is 1.47 bits per heavy atom. The van der Waals surface area contributed by atoms with Crippen LogP contribution >= 0.6 is 0 Å². The number of ether oxygens (including phenoxy) is 2. The van der Waals surface area contributed by atoms with Crippen LogP contribution in [0.25, 0.3) is 0 Å². The van der Waals surface area contributed by atoms with Gasteiger partial charge in [0.2, 0.25) is 5.91 Å². The number of benzene rings is 1. The predicted octanol–water partition coefficient (Wildman–Crippen LogP) is 0.846. The maximum Gasteiger partial charge on any atom is 0.227 e. The lowest BCUT2D eigenvalue weighted by atomic mass is 10.0. The Morgan fingerprint density at radius 2 is 2.21 bits per heavy atom. The van der Waals surface area contributed by atoms with Gasteiger partial charge in [-0.3, -0.25) is 4.79 Å². The molecular weight excluding hydrogens is 244 g/mol. The van der Waals surface area contributed by atoms with Gasteiger partial charge in [0, 0.05) is 11.6 Å². The molecule has 1 aromatic carbocycles. The van der Waals surface area contributed by atoms with E-state index >= 15 is 0 Å². The summed E-state index contributed by atoms with van der Waals surface area (Å²) < 4.78 is 10.5. The molecule has 3 atom stereocenters. The molecule has 1 aliphatic heterocycles. The van der Waals surface area contributed by atoms with Crippen LogP contribution in [0.2, 0.25) is 0 Å². The fourth-order valence-electron chi connectivity index (χ4n) is 2.26. The number of rotatable bonds is 4. The average Bonchev–Trinajstić information content (AvgIpc) is 2.85. The minimum atomic E-state index is -0.267. The van der Waals surface area contributed by atoms with Crippen molar-refractivity contribution in [2.45, 2.75) is 19.0 Å². The second kappa shape index (κ2) is 6.04. The maximum atomic E-state index is 12.1. The number of amides is 1. The lowest BCUT2D eigenvalue weighted by Crippen LogP contribution is -2.41. The molecule has 0 aliphatic carbocycles. The number of methoxy groups -OCH3 is 1. The lowest BCUT2D eigenvalue weighted by Gasteiger charge is -2.20. The predicted molar refractivity (Wildman–Crippen MR) is 71.8 cm³/mol. The van der Waals surface area contributed by atoms with Crippen molar-refractivity contribution in [3.05, 3.63) is 29.8 Å². The van der Waals surface area contributed by atoms with Crippen molar-refractivity contribution in [1.29, 1.82) is 0 Å². The Hall–Kier alpha value is -1.59. The molecular formula is C14H20N2O3. The highest BCUT2D eigenvalue weighted by Crippen LogP contribution is 2.25. The van der Waals surface area contributed by atoms with Crippen LogP contribution in [-0.4, -0.2) is 32.3 Å². The van der Waals surface area contributed by atoms with Crippen LogP contribution in [0.5, 0.6) is 5.75 Å². The topological polar surface area (TPSA) is 73.6 Å². The van der Waals surface area contributed by atoms with Gasteiger partial charge >= 0.3 is 0 Å². The van der Waals surface area contributed by atoms with Crippen molar-refractivity contribution in [2.75, 3.05) is 20.3 Å². The third-order valence-electron chi connectivity index (χ3n) is 3.43. The van der Waals surface area contributed by atoms with E-state index in [1.807, 2.05) is 31.2 Å². The van der Waals surface area contributed by atoms with Crippen molar-refractivity contribution < 1.29 is 14.3 Å². The first-order chi connectivity index (χ1) is 9.13. The van der Waals surface area contributed by atoms with E-state index in [9.17, 15) is 4.79 Å². The van der Waals surface area contributed by atoms with Gasteiger partial charge in [0.1, 0.15) is 5.75 Å². The molecule has 104 valence electrons. The standard InChI is InChI=1S/C14H20N2O3/c1-9(10-5-3-4-6-13(10)18-2)16-14(17)11-7-19-8-12(11)15/h3-6,9,11-12H,7-8,15H2,1-2H3,(H,16,17). The molecule has 5 heteroatoms. The molecule has 0 saturated carbocycles. The smallest absolute Gasteiger partial charge is 0.227 e. The highest BCUT2D eigenvalue weighted by atomic mass is 16.5. The molecule has 5 nitrogen and oxygen atoms in total. The SMILES string of the molecule is COc1ccccc1C(C)NC(=O)C1COCC1N. The van der Waals surface area contributed by atoms with E-state index in [1.165, 1.54) is 0 Å².